The fourth-order valence-corrected chi connectivity index (χ4v) is 2.27. The number of anilines is 2. The highest BCUT2D eigenvalue weighted by atomic mass is 19.4. The van der Waals surface area contributed by atoms with Crippen LogP contribution >= 0.6 is 0 Å². The summed E-state index contributed by atoms with van der Waals surface area (Å²) in [7, 11) is 3.01. The molecule has 0 spiro atoms. The number of alkyl halides is 3. The molecule has 0 radical (unpaired) electrons. The summed E-state index contributed by atoms with van der Waals surface area (Å²) < 4.78 is 53.8. The molecule has 3 aromatic rings. The normalized spacial score (nSPS) is 11.3. The van der Waals surface area contributed by atoms with Crippen molar-refractivity contribution < 1.29 is 27.2 Å². The summed E-state index contributed by atoms with van der Waals surface area (Å²) in [4.78, 5) is 4.15. The lowest BCUT2D eigenvalue weighted by molar-refractivity contribution is -0.137. The largest absolute Gasteiger partial charge is 0.497 e. The van der Waals surface area contributed by atoms with Gasteiger partial charge in [0.05, 0.1) is 25.3 Å². The van der Waals surface area contributed by atoms with E-state index in [0.717, 1.165) is 12.1 Å². The highest BCUT2D eigenvalue weighted by Crippen LogP contribution is 2.33. The molecule has 0 bridgehead atoms. The van der Waals surface area contributed by atoms with Gasteiger partial charge in [-0.25, -0.2) is 0 Å². The van der Waals surface area contributed by atoms with Crippen molar-refractivity contribution >= 4 is 11.7 Å². The lowest BCUT2D eigenvalue weighted by Crippen LogP contribution is -2.05. The molecule has 3 rings (SSSR count). The molecule has 6 nitrogen and oxygen atoms in total. The molecule has 1 heterocycles. The molecule has 0 aliphatic carbocycles. The van der Waals surface area contributed by atoms with Crippen LogP contribution in [0.2, 0.25) is 0 Å². The van der Waals surface area contributed by atoms with Gasteiger partial charge in [0, 0.05) is 5.69 Å². The van der Waals surface area contributed by atoms with E-state index in [1.807, 2.05) is 0 Å². The Morgan fingerprint density at radius 3 is 2.54 bits per heavy atom. The second-order valence-electron chi connectivity index (χ2n) is 5.19. The zero-order valence-electron chi connectivity index (χ0n) is 13.8. The Balaban J connectivity index is 1.87. The molecule has 0 saturated heterocycles. The molecule has 2 aromatic carbocycles. The number of halogens is 3. The van der Waals surface area contributed by atoms with Crippen molar-refractivity contribution in [3.63, 3.8) is 0 Å². The van der Waals surface area contributed by atoms with Crippen LogP contribution in [0.5, 0.6) is 11.5 Å². The van der Waals surface area contributed by atoms with Gasteiger partial charge in [-0.3, -0.25) is 0 Å². The zero-order chi connectivity index (χ0) is 18.7. The van der Waals surface area contributed by atoms with E-state index in [0.29, 0.717) is 17.1 Å². The lowest BCUT2D eigenvalue weighted by Gasteiger charge is -2.08. The second-order valence-corrected chi connectivity index (χ2v) is 5.19. The number of methoxy groups -OCH3 is 2. The van der Waals surface area contributed by atoms with Gasteiger partial charge in [-0.15, -0.1) is 0 Å². The lowest BCUT2D eigenvalue weighted by atomic mass is 10.2. The SMILES string of the molecule is COc1ccc(OC)c(-c2noc(Nc3cccc(C(F)(F)F)c3)n2)c1. The minimum Gasteiger partial charge on any atom is -0.497 e. The van der Waals surface area contributed by atoms with Gasteiger partial charge in [0.2, 0.25) is 5.82 Å². The number of hydrogen-bond acceptors (Lipinski definition) is 6. The Morgan fingerprint density at radius 1 is 1.04 bits per heavy atom. The quantitative estimate of drug-likeness (QED) is 0.717. The molecular weight excluding hydrogens is 351 g/mol. The number of nitrogens with one attached hydrogen (secondary N) is 1. The zero-order valence-corrected chi connectivity index (χ0v) is 13.8. The summed E-state index contributed by atoms with van der Waals surface area (Å²) in [5, 5.41) is 6.49. The van der Waals surface area contributed by atoms with Crippen LogP contribution in [0.4, 0.5) is 24.9 Å². The number of benzene rings is 2. The first kappa shape index (κ1) is 17.6. The maximum absolute atomic E-state index is 12.8. The standard InChI is InChI=1S/C17H14F3N3O3/c1-24-12-6-7-14(25-2)13(9-12)15-22-16(26-23-15)21-11-5-3-4-10(8-11)17(18,19)20/h3-9H,1-2H3,(H,21,22,23). The number of hydrogen-bond donors (Lipinski definition) is 1. The molecule has 0 atom stereocenters. The molecule has 0 unspecified atom stereocenters. The Labute approximate surface area is 146 Å². The maximum Gasteiger partial charge on any atom is 0.416 e. The summed E-state index contributed by atoms with van der Waals surface area (Å²) in [6.45, 7) is 0. The fourth-order valence-electron chi connectivity index (χ4n) is 2.27. The minimum atomic E-state index is -4.44. The number of nitrogens with zero attached hydrogens (tertiary/aromatic N) is 2. The van der Waals surface area contributed by atoms with Crippen molar-refractivity contribution in [2.45, 2.75) is 6.18 Å². The Kier molecular flexibility index (Phi) is 4.70. The van der Waals surface area contributed by atoms with Gasteiger partial charge < -0.3 is 19.3 Å². The van der Waals surface area contributed by atoms with Crippen LogP contribution in [0.1, 0.15) is 5.56 Å². The van der Waals surface area contributed by atoms with Crippen LogP contribution in [0.3, 0.4) is 0 Å². The predicted octanol–water partition coefficient (Wildman–Crippen LogP) is 4.52. The molecule has 0 aliphatic heterocycles. The molecule has 1 aromatic heterocycles. The van der Waals surface area contributed by atoms with E-state index in [4.69, 9.17) is 14.0 Å². The van der Waals surface area contributed by atoms with E-state index < -0.39 is 11.7 Å². The first-order chi connectivity index (χ1) is 12.4. The van der Waals surface area contributed by atoms with Gasteiger partial charge in [-0.05, 0) is 36.4 Å². The van der Waals surface area contributed by atoms with Crippen molar-refractivity contribution in [2.75, 3.05) is 19.5 Å². The first-order valence-electron chi connectivity index (χ1n) is 7.41. The van der Waals surface area contributed by atoms with Crippen LogP contribution in [-0.4, -0.2) is 24.4 Å². The number of ether oxygens (including phenoxy) is 2. The Morgan fingerprint density at radius 2 is 1.85 bits per heavy atom. The van der Waals surface area contributed by atoms with Crippen molar-refractivity contribution in [2.24, 2.45) is 0 Å². The highest BCUT2D eigenvalue weighted by Gasteiger charge is 2.30. The minimum absolute atomic E-state index is 0.0517. The summed E-state index contributed by atoms with van der Waals surface area (Å²) in [5.74, 6) is 1.27. The smallest absolute Gasteiger partial charge is 0.416 e. The third-order valence-corrected chi connectivity index (χ3v) is 3.51. The van der Waals surface area contributed by atoms with Crippen LogP contribution < -0.4 is 14.8 Å². The first-order valence-corrected chi connectivity index (χ1v) is 7.41. The van der Waals surface area contributed by atoms with E-state index in [2.05, 4.69) is 15.5 Å². The monoisotopic (exact) mass is 365 g/mol. The van der Waals surface area contributed by atoms with Gasteiger partial charge in [0.25, 0.3) is 0 Å². The Bertz CT molecular complexity index is 910. The summed E-state index contributed by atoms with van der Waals surface area (Å²) in [6, 6.07) is 9.69. The average molecular weight is 365 g/mol. The summed E-state index contributed by atoms with van der Waals surface area (Å²) in [5.41, 5.74) is -0.0861. The van der Waals surface area contributed by atoms with Crippen molar-refractivity contribution in [1.82, 2.24) is 10.1 Å². The van der Waals surface area contributed by atoms with Gasteiger partial charge in [0.1, 0.15) is 11.5 Å². The van der Waals surface area contributed by atoms with Crippen LogP contribution in [-0.2, 0) is 6.18 Å². The van der Waals surface area contributed by atoms with Crippen LogP contribution in [0, 0.1) is 0 Å². The molecule has 0 amide bonds. The third-order valence-electron chi connectivity index (χ3n) is 3.51. The van der Waals surface area contributed by atoms with Crippen LogP contribution in [0.15, 0.2) is 47.0 Å². The molecule has 26 heavy (non-hydrogen) atoms. The van der Waals surface area contributed by atoms with E-state index in [1.54, 1.807) is 18.2 Å². The van der Waals surface area contributed by atoms with Gasteiger partial charge in [-0.2, -0.15) is 18.2 Å². The molecule has 1 N–H and O–H groups in total. The summed E-state index contributed by atoms with van der Waals surface area (Å²) >= 11 is 0. The average Bonchev–Trinajstić information content (AvgIpc) is 3.09. The fraction of sp³-hybridized carbons (Fsp3) is 0.176. The third kappa shape index (κ3) is 3.71. The molecule has 136 valence electrons. The molecule has 0 fully saturated rings. The van der Waals surface area contributed by atoms with Crippen molar-refractivity contribution in [1.29, 1.82) is 0 Å². The molecule has 9 heteroatoms. The van der Waals surface area contributed by atoms with Gasteiger partial charge in [0.15, 0.2) is 0 Å². The maximum atomic E-state index is 12.8. The number of aromatic nitrogens is 2. The van der Waals surface area contributed by atoms with E-state index >= 15 is 0 Å². The van der Waals surface area contributed by atoms with E-state index in [9.17, 15) is 13.2 Å². The molecule has 0 aliphatic rings. The topological polar surface area (TPSA) is 69.4 Å². The van der Waals surface area contributed by atoms with Gasteiger partial charge in [-0.1, -0.05) is 11.2 Å². The molecular formula is C17H14F3N3O3. The van der Waals surface area contributed by atoms with Crippen molar-refractivity contribution in [3.8, 4) is 22.9 Å². The van der Waals surface area contributed by atoms with E-state index in [-0.39, 0.29) is 17.5 Å². The van der Waals surface area contributed by atoms with Crippen molar-refractivity contribution in [3.05, 3.63) is 48.0 Å². The molecule has 0 saturated carbocycles. The van der Waals surface area contributed by atoms with Gasteiger partial charge >= 0.3 is 12.2 Å². The second kappa shape index (κ2) is 6.95. The predicted molar refractivity (Wildman–Crippen MR) is 87.6 cm³/mol. The summed E-state index contributed by atoms with van der Waals surface area (Å²) in [6.07, 6.45) is -4.44. The van der Waals surface area contributed by atoms with E-state index in [1.165, 1.54) is 26.4 Å². The Hall–Kier alpha value is -3.23. The number of rotatable bonds is 5. The van der Waals surface area contributed by atoms with Crippen LogP contribution in [0.25, 0.3) is 11.4 Å². The highest BCUT2D eigenvalue weighted by molar-refractivity contribution is 5.67.